The maximum Gasteiger partial charge on any atom is 0.0218 e. The Kier molecular flexibility index (Phi) is 4.66. The molecule has 1 heterocycles. The monoisotopic (exact) mass is 224 g/mol. The first kappa shape index (κ1) is 12.4. The normalized spacial score (nSPS) is 37.5. The smallest absolute Gasteiger partial charge is 0.0218 e. The van der Waals surface area contributed by atoms with Crippen molar-refractivity contribution in [2.45, 2.75) is 57.9 Å². The molecule has 2 aliphatic rings. The molecular formula is C14H28N2. The van der Waals surface area contributed by atoms with E-state index in [0.717, 1.165) is 18.4 Å². The van der Waals surface area contributed by atoms with Crippen LogP contribution in [-0.2, 0) is 0 Å². The molecule has 0 bridgehead atoms. The largest absolute Gasteiger partial charge is 0.329 e. The Morgan fingerprint density at radius 2 is 1.81 bits per heavy atom. The minimum Gasteiger partial charge on any atom is -0.329 e. The van der Waals surface area contributed by atoms with E-state index in [4.69, 9.17) is 5.73 Å². The molecule has 2 nitrogen and oxygen atoms in total. The number of likely N-dealkylation sites (tertiary alicyclic amines) is 1. The molecule has 2 fully saturated rings. The van der Waals surface area contributed by atoms with Crippen molar-refractivity contribution in [3.05, 3.63) is 0 Å². The van der Waals surface area contributed by atoms with Gasteiger partial charge in [0.1, 0.15) is 0 Å². The molecule has 2 rings (SSSR count). The van der Waals surface area contributed by atoms with E-state index < -0.39 is 0 Å². The SMILES string of the molecule is CC1CCC(CN2CCCCC2CN)CC1. The van der Waals surface area contributed by atoms with Gasteiger partial charge in [0.05, 0.1) is 0 Å². The van der Waals surface area contributed by atoms with E-state index in [1.165, 1.54) is 58.0 Å². The molecule has 1 saturated heterocycles. The van der Waals surface area contributed by atoms with Crippen LogP contribution in [0.3, 0.4) is 0 Å². The predicted octanol–water partition coefficient (Wildman–Crippen LogP) is 2.63. The molecule has 0 aromatic carbocycles. The maximum absolute atomic E-state index is 5.88. The molecule has 94 valence electrons. The lowest BCUT2D eigenvalue weighted by Crippen LogP contribution is -2.46. The molecular weight excluding hydrogens is 196 g/mol. The van der Waals surface area contributed by atoms with Crippen molar-refractivity contribution in [2.24, 2.45) is 17.6 Å². The first-order chi connectivity index (χ1) is 7.79. The van der Waals surface area contributed by atoms with Crippen LogP contribution < -0.4 is 5.73 Å². The van der Waals surface area contributed by atoms with Crippen LogP contribution in [0.2, 0.25) is 0 Å². The lowest BCUT2D eigenvalue weighted by atomic mass is 9.82. The third-order valence-electron chi connectivity index (χ3n) is 4.65. The van der Waals surface area contributed by atoms with Crippen molar-refractivity contribution in [1.29, 1.82) is 0 Å². The van der Waals surface area contributed by atoms with E-state index in [0.29, 0.717) is 6.04 Å². The Morgan fingerprint density at radius 3 is 2.50 bits per heavy atom. The van der Waals surface area contributed by atoms with Crippen LogP contribution >= 0.6 is 0 Å². The van der Waals surface area contributed by atoms with Crippen molar-refractivity contribution in [2.75, 3.05) is 19.6 Å². The quantitative estimate of drug-likeness (QED) is 0.798. The number of hydrogen-bond acceptors (Lipinski definition) is 2. The van der Waals surface area contributed by atoms with Gasteiger partial charge in [-0.2, -0.15) is 0 Å². The van der Waals surface area contributed by atoms with Gasteiger partial charge in [0.2, 0.25) is 0 Å². The van der Waals surface area contributed by atoms with Gasteiger partial charge in [-0.1, -0.05) is 26.2 Å². The van der Waals surface area contributed by atoms with E-state index >= 15 is 0 Å². The highest BCUT2D eigenvalue weighted by Gasteiger charge is 2.25. The fourth-order valence-corrected chi connectivity index (χ4v) is 3.41. The summed E-state index contributed by atoms with van der Waals surface area (Å²) < 4.78 is 0. The van der Waals surface area contributed by atoms with Crippen molar-refractivity contribution in [1.82, 2.24) is 4.90 Å². The van der Waals surface area contributed by atoms with Gasteiger partial charge in [-0.15, -0.1) is 0 Å². The van der Waals surface area contributed by atoms with E-state index in [2.05, 4.69) is 11.8 Å². The summed E-state index contributed by atoms with van der Waals surface area (Å²) in [5.41, 5.74) is 5.88. The molecule has 1 saturated carbocycles. The van der Waals surface area contributed by atoms with Gasteiger partial charge in [-0.05, 0) is 44.1 Å². The van der Waals surface area contributed by atoms with Crippen LogP contribution in [0.25, 0.3) is 0 Å². The summed E-state index contributed by atoms with van der Waals surface area (Å²) in [7, 11) is 0. The van der Waals surface area contributed by atoms with Crippen molar-refractivity contribution < 1.29 is 0 Å². The molecule has 1 atom stereocenters. The minimum absolute atomic E-state index is 0.688. The Bertz CT molecular complexity index is 197. The summed E-state index contributed by atoms with van der Waals surface area (Å²) in [6.45, 7) is 5.89. The molecule has 16 heavy (non-hydrogen) atoms. The van der Waals surface area contributed by atoms with Crippen LogP contribution in [0.5, 0.6) is 0 Å². The van der Waals surface area contributed by atoms with Crippen LogP contribution in [0.15, 0.2) is 0 Å². The molecule has 0 aromatic rings. The highest BCUT2D eigenvalue weighted by Crippen LogP contribution is 2.30. The molecule has 2 heteroatoms. The Labute approximate surface area is 101 Å². The number of nitrogens with two attached hydrogens (primary N) is 1. The molecule has 0 amide bonds. The van der Waals surface area contributed by atoms with E-state index in [1.807, 2.05) is 0 Å². The van der Waals surface area contributed by atoms with Gasteiger partial charge < -0.3 is 5.73 Å². The van der Waals surface area contributed by atoms with Gasteiger partial charge >= 0.3 is 0 Å². The van der Waals surface area contributed by atoms with Crippen LogP contribution in [0, 0.1) is 11.8 Å². The van der Waals surface area contributed by atoms with Crippen LogP contribution in [-0.4, -0.2) is 30.6 Å². The fourth-order valence-electron chi connectivity index (χ4n) is 3.41. The van der Waals surface area contributed by atoms with Gasteiger partial charge in [-0.3, -0.25) is 4.90 Å². The number of nitrogens with zero attached hydrogens (tertiary/aromatic N) is 1. The van der Waals surface area contributed by atoms with Crippen LogP contribution in [0.1, 0.15) is 51.9 Å². The number of piperidine rings is 1. The zero-order chi connectivity index (χ0) is 11.4. The van der Waals surface area contributed by atoms with E-state index in [1.54, 1.807) is 0 Å². The average Bonchev–Trinajstić information content (AvgIpc) is 2.33. The summed E-state index contributed by atoms with van der Waals surface area (Å²) in [5, 5.41) is 0. The second-order valence-corrected chi connectivity index (χ2v) is 6.01. The molecule has 1 aliphatic carbocycles. The number of hydrogen-bond donors (Lipinski definition) is 1. The lowest BCUT2D eigenvalue weighted by molar-refractivity contribution is 0.111. The van der Waals surface area contributed by atoms with E-state index in [-0.39, 0.29) is 0 Å². The van der Waals surface area contributed by atoms with Gasteiger partial charge in [0, 0.05) is 19.1 Å². The predicted molar refractivity (Wildman–Crippen MR) is 69.4 cm³/mol. The van der Waals surface area contributed by atoms with Crippen molar-refractivity contribution >= 4 is 0 Å². The van der Waals surface area contributed by atoms with E-state index in [9.17, 15) is 0 Å². The van der Waals surface area contributed by atoms with Crippen LogP contribution in [0.4, 0.5) is 0 Å². The summed E-state index contributed by atoms with van der Waals surface area (Å²) in [5.74, 6) is 1.94. The second kappa shape index (κ2) is 6.02. The van der Waals surface area contributed by atoms with Crippen molar-refractivity contribution in [3.63, 3.8) is 0 Å². The average molecular weight is 224 g/mol. The van der Waals surface area contributed by atoms with Gasteiger partial charge in [0.15, 0.2) is 0 Å². The molecule has 0 radical (unpaired) electrons. The minimum atomic E-state index is 0.688. The first-order valence-electron chi connectivity index (χ1n) is 7.23. The maximum atomic E-state index is 5.88. The first-order valence-corrected chi connectivity index (χ1v) is 7.23. The third-order valence-corrected chi connectivity index (χ3v) is 4.65. The molecule has 0 spiro atoms. The highest BCUT2D eigenvalue weighted by atomic mass is 15.2. The Balaban J connectivity index is 1.78. The Morgan fingerprint density at radius 1 is 1.06 bits per heavy atom. The third kappa shape index (κ3) is 3.21. The molecule has 2 N–H and O–H groups in total. The van der Waals surface area contributed by atoms with Gasteiger partial charge in [-0.25, -0.2) is 0 Å². The topological polar surface area (TPSA) is 29.3 Å². The highest BCUT2D eigenvalue weighted by molar-refractivity contribution is 4.81. The summed E-state index contributed by atoms with van der Waals surface area (Å²) in [6, 6.07) is 0.688. The summed E-state index contributed by atoms with van der Waals surface area (Å²) in [6.07, 6.45) is 9.92. The standard InChI is InChI=1S/C14H28N2/c1-12-5-7-13(8-6-12)11-16-9-3-2-4-14(16)10-15/h12-14H,2-11,15H2,1H3. The number of rotatable bonds is 3. The van der Waals surface area contributed by atoms with Crippen molar-refractivity contribution in [3.8, 4) is 0 Å². The molecule has 1 unspecified atom stereocenters. The summed E-state index contributed by atoms with van der Waals surface area (Å²) >= 11 is 0. The zero-order valence-corrected chi connectivity index (χ0v) is 10.8. The Hall–Kier alpha value is -0.0800. The zero-order valence-electron chi connectivity index (χ0n) is 10.8. The molecule has 0 aromatic heterocycles. The lowest BCUT2D eigenvalue weighted by Gasteiger charge is -2.38. The fraction of sp³-hybridized carbons (Fsp3) is 1.00. The molecule has 1 aliphatic heterocycles. The van der Waals surface area contributed by atoms with Gasteiger partial charge in [0.25, 0.3) is 0 Å². The second-order valence-electron chi connectivity index (χ2n) is 6.01. The summed E-state index contributed by atoms with van der Waals surface area (Å²) in [4.78, 5) is 2.68.